The first-order chi connectivity index (χ1) is 37.4. The molecular formula is C58H65F2N11O6. The van der Waals surface area contributed by atoms with Crippen molar-refractivity contribution in [3.63, 3.8) is 0 Å². The van der Waals surface area contributed by atoms with Crippen molar-refractivity contribution in [3.8, 4) is 29.6 Å². The molecule has 5 unspecified atom stereocenters. The maximum absolute atomic E-state index is 16.1. The van der Waals surface area contributed by atoms with Crippen molar-refractivity contribution >= 4 is 62.1 Å². The molecule has 3 amide bonds. The number of nitrogens with zero attached hydrogens (tertiary/aromatic N) is 9. The molecule has 0 saturated carbocycles. The molecule has 7 aliphatic heterocycles. The van der Waals surface area contributed by atoms with Gasteiger partial charge in [-0.15, -0.1) is 6.42 Å². The van der Waals surface area contributed by atoms with E-state index >= 15 is 4.39 Å². The predicted molar refractivity (Wildman–Crippen MR) is 289 cm³/mol. The number of terminal acetylenes is 1. The number of nitrogens with one attached hydrogen (secondary N) is 2. The Hall–Kier alpha value is -7.17. The van der Waals surface area contributed by atoms with Gasteiger partial charge in [-0.05, 0) is 119 Å². The van der Waals surface area contributed by atoms with Crippen LogP contribution in [-0.4, -0.2) is 135 Å². The summed E-state index contributed by atoms with van der Waals surface area (Å²) < 4.78 is 44.8. The van der Waals surface area contributed by atoms with Gasteiger partial charge in [0.1, 0.15) is 35.5 Å². The number of aromatic nitrogens is 5. The molecule has 17 nitrogen and oxygen atoms in total. The number of imide groups is 1. The topological polar surface area (TPSA) is 172 Å². The second-order valence-electron chi connectivity index (χ2n) is 22.1. The number of methoxy groups -OCH3 is 1. The Morgan fingerprint density at radius 3 is 2.35 bits per heavy atom. The van der Waals surface area contributed by atoms with E-state index < -0.39 is 23.6 Å². The molecule has 77 heavy (non-hydrogen) atoms. The Kier molecular flexibility index (Phi) is 13.8. The van der Waals surface area contributed by atoms with Crippen molar-refractivity contribution < 1.29 is 32.6 Å². The number of carbonyl (C=O) groups is 3. The van der Waals surface area contributed by atoms with Gasteiger partial charge < -0.3 is 29.5 Å². The van der Waals surface area contributed by atoms with E-state index in [2.05, 4.69) is 52.3 Å². The largest absolute Gasteiger partial charge is 0.467 e. The van der Waals surface area contributed by atoms with Crippen LogP contribution in [0.25, 0.3) is 44.0 Å². The van der Waals surface area contributed by atoms with Gasteiger partial charge in [-0.3, -0.25) is 33.9 Å². The minimum atomic E-state index is -0.672. The number of anilines is 2. The second-order valence-corrected chi connectivity index (χ2v) is 22.1. The molecule has 7 aliphatic rings. The van der Waals surface area contributed by atoms with Gasteiger partial charge in [0.15, 0.2) is 5.82 Å². The maximum Gasteiger partial charge on any atom is 0.409 e. The summed E-state index contributed by atoms with van der Waals surface area (Å²) in [6, 6.07) is 15.5. The molecule has 0 radical (unpaired) electrons. The van der Waals surface area contributed by atoms with Crippen LogP contribution in [-0.2, 0) is 21.4 Å². The number of hydrogen-bond acceptors (Lipinski definition) is 13. The fourth-order valence-corrected chi connectivity index (χ4v) is 13.8. The Bertz CT molecular complexity index is 3390. The molecule has 6 aromatic rings. The fourth-order valence-electron chi connectivity index (χ4n) is 13.8. The van der Waals surface area contributed by atoms with Gasteiger partial charge in [-0.1, -0.05) is 30.2 Å². The molecule has 13 rings (SSSR count). The van der Waals surface area contributed by atoms with Crippen LogP contribution < -0.4 is 30.9 Å². The third-order valence-electron chi connectivity index (χ3n) is 17.8. The Labute approximate surface area is 445 Å². The van der Waals surface area contributed by atoms with Gasteiger partial charge in [0.25, 0.3) is 0 Å². The number of halogens is 2. The second kappa shape index (κ2) is 21.0. The van der Waals surface area contributed by atoms with Gasteiger partial charge >= 0.3 is 17.8 Å². The highest BCUT2D eigenvalue weighted by Crippen LogP contribution is 2.39. The van der Waals surface area contributed by atoms with E-state index in [1.54, 1.807) is 42.1 Å². The molecule has 7 saturated heterocycles. The summed E-state index contributed by atoms with van der Waals surface area (Å²) in [5.41, 5.74) is 2.99. The molecule has 0 spiro atoms. The highest BCUT2D eigenvalue weighted by molar-refractivity contribution is 6.02. The number of rotatable bonds is 8. The predicted octanol–water partition coefficient (Wildman–Crippen LogP) is 7.06. The molecule has 3 aromatic heterocycles. The standard InChI is InChI=1S/C32H44N6O5.C26H21F2N5O/c1-34-28-19-24(6-7-26(28)38(31(34)41)27-8-9-29(39)33-30(27)40)35-15-10-21(11-16-35)22-12-17-36(18-13-22)32(42)43-20-25-5-4-23-3-2-14-37(23)25;1-3-17-20(27)10-7-14-5-4-6-18(21(14)17)23-22(28)24-19(11-29-23)25(32-26(31-24)34-2)33-12-15-8-9-16(13-33)30-15/h6-7,19,21-23,25,27H,2-5,8-18,20H2,1H3,(H,33,39,40);1,4-7,10-11,15-16,30H,8-9,12-13H2,2H3. The van der Waals surface area contributed by atoms with Crippen LogP contribution in [0.3, 0.4) is 0 Å². The van der Waals surface area contributed by atoms with Crippen molar-refractivity contribution in [2.24, 2.45) is 18.9 Å². The monoisotopic (exact) mass is 1050 g/mol. The van der Waals surface area contributed by atoms with Gasteiger partial charge in [-0.25, -0.2) is 18.4 Å². The zero-order chi connectivity index (χ0) is 53.1. The molecule has 2 bridgehead atoms. The third kappa shape index (κ3) is 9.51. The number of carbonyl (C=O) groups excluding carboxylic acids is 3. The lowest BCUT2D eigenvalue weighted by Crippen LogP contribution is -2.51. The molecule has 402 valence electrons. The average molecular weight is 1050 g/mol. The SMILES string of the molecule is C#Cc1c(F)ccc2cccc(-c3ncc4c(N5CC6CCC(C5)N6)nc(OC)nc4c3F)c12.Cn1c(=O)n(C2CCC(=O)NC2=O)c2ccc(N3CCC(C4CCN(C(=O)OCC5CCC6CCCN65)CC4)CC3)cc21. The van der Waals surface area contributed by atoms with Crippen LogP contribution in [0.1, 0.15) is 88.7 Å². The zero-order valence-electron chi connectivity index (χ0n) is 43.7. The molecule has 2 N–H and O–H groups in total. The number of piperidine rings is 3. The Morgan fingerprint density at radius 1 is 0.844 bits per heavy atom. The highest BCUT2D eigenvalue weighted by atomic mass is 19.1. The first kappa shape index (κ1) is 50.6. The smallest absolute Gasteiger partial charge is 0.409 e. The van der Waals surface area contributed by atoms with E-state index in [0.717, 1.165) is 114 Å². The molecule has 19 heteroatoms. The number of benzene rings is 3. The minimum Gasteiger partial charge on any atom is -0.467 e. The lowest BCUT2D eigenvalue weighted by Gasteiger charge is -2.40. The maximum atomic E-state index is 16.1. The number of imidazole rings is 1. The lowest BCUT2D eigenvalue weighted by atomic mass is 9.79. The van der Waals surface area contributed by atoms with Crippen molar-refractivity contribution in [2.45, 2.75) is 107 Å². The van der Waals surface area contributed by atoms with E-state index in [9.17, 15) is 23.6 Å². The summed E-state index contributed by atoms with van der Waals surface area (Å²) in [6.45, 7) is 6.72. The first-order valence-corrected chi connectivity index (χ1v) is 27.5. The van der Waals surface area contributed by atoms with E-state index in [0.29, 0.717) is 70.5 Å². The minimum absolute atomic E-state index is 0.0484. The number of likely N-dealkylation sites (tertiary alicyclic amines) is 1. The summed E-state index contributed by atoms with van der Waals surface area (Å²) in [5.74, 6) is 2.43. The number of amides is 3. The number of pyridine rings is 1. The van der Waals surface area contributed by atoms with Crippen LogP contribution in [0.5, 0.6) is 6.01 Å². The summed E-state index contributed by atoms with van der Waals surface area (Å²) >= 11 is 0. The van der Waals surface area contributed by atoms with Crippen LogP contribution >= 0.6 is 0 Å². The summed E-state index contributed by atoms with van der Waals surface area (Å²) in [4.78, 5) is 72.5. The van der Waals surface area contributed by atoms with Gasteiger partial charge in [0.05, 0.1) is 29.1 Å². The fraction of sp³-hybridized carbons (Fsp3) is 0.500. The number of aryl methyl sites for hydroxylation is 1. The molecule has 10 heterocycles. The van der Waals surface area contributed by atoms with Crippen LogP contribution in [0.4, 0.5) is 25.1 Å². The molecule has 0 aliphatic carbocycles. The molecule has 5 atom stereocenters. The first-order valence-electron chi connectivity index (χ1n) is 27.5. The summed E-state index contributed by atoms with van der Waals surface area (Å²) in [7, 11) is 3.20. The van der Waals surface area contributed by atoms with Gasteiger partial charge in [0, 0.05) is 99.7 Å². The van der Waals surface area contributed by atoms with Crippen LogP contribution in [0.2, 0.25) is 0 Å². The average Bonchev–Trinajstić information content (AvgIpc) is 4.29. The molecule has 7 fully saturated rings. The van der Waals surface area contributed by atoms with Gasteiger partial charge in [0.2, 0.25) is 11.8 Å². The number of fused-ring (bicyclic) bond motifs is 6. The van der Waals surface area contributed by atoms with E-state index in [4.69, 9.17) is 15.9 Å². The van der Waals surface area contributed by atoms with E-state index in [1.807, 2.05) is 17.0 Å². The van der Waals surface area contributed by atoms with E-state index in [1.165, 1.54) is 37.0 Å². The van der Waals surface area contributed by atoms with E-state index in [-0.39, 0.29) is 46.9 Å². The quantitative estimate of drug-likeness (QED) is 0.117. The summed E-state index contributed by atoms with van der Waals surface area (Å²) in [6.07, 6.45) is 19.1. The summed E-state index contributed by atoms with van der Waals surface area (Å²) in [5, 5.41) is 7.61. The Balaban J connectivity index is 0.000000159. The number of hydrogen-bond donors (Lipinski definition) is 2. The Morgan fingerprint density at radius 2 is 1.61 bits per heavy atom. The van der Waals surface area contributed by atoms with Crippen LogP contribution in [0, 0.1) is 35.8 Å². The van der Waals surface area contributed by atoms with Crippen LogP contribution in [0.15, 0.2) is 59.5 Å². The zero-order valence-corrected chi connectivity index (χ0v) is 43.7. The van der Waals surface area contributed by atoms with Crippen molar-refractivity contribution in [1.82, 2.24) is 44.5 Å². The van der Waals surface area contributed by atoms with Crippen molar-refractivity contribution in [1.29, 1.82) is 0 Å². The molecular weight excluding hydrogens is 985 g/mol. The number of piperazine rings is 1. The highest BCUT2D eigenvalue weighted by Gasteiger charge is 2.39. The lowest BCUT2D eigenvalue weighted by molar-refractivity contribution is -0.135. The third-order valence-corrected chi connectivity index (χ3v) is 17.8. The normalized spacial score (nSPS) is 24.0. The van der Waals surface area contributed by atoms with Gasteiger partial charge in [-0.2, -0.15) is 9.97 Å². The van der Waals surface area contributed by atoms with Crippen molar-refractivity contribution in [3.05, 3.63) is 82.4 Å². The molecule has 3 aromatic carbocycles. The number of ether oxygens (including phenoxy) is 2. The van der Waals surface area contributed by atoms with Crippen molar-refractivity contribution in [2.75, 3.05) is 69.3 Å².